The van der Waals surface area contributed by atoms with Gasteiger partial charge in [0.25, 0.3) is 5.91 Å². The van der Waals surface area contributed by atoms with Crippen molar-refractivity contribution in [2.45, 2.75) is 23.2 Å². The summed E-state index contributed by atoms with van der Waals surface area (Å²) in [5, 5.41) is 3.40. The molecule has 0 saturated heterocycles. The molecular weight excluding hydrogens is 370 g/mol. The van der Waals surface area contributed by atoms with E-state index in [0.29, 0.717) is 11.6 Å². The predicted molar refractivity (Wildman–Crippen MR) is 103 cm³/mol. The Kier molecular flexibility index (Phi) is 6.22. The minimum atomic E-state index is -0.603. The van der Waals surface area contributed by atoms with E-state index in [-0.39, 0.29) is 18.5 Å². The maximum absolute atomic E-state index is 12.4. The van der Waals surface area contributed by atoms with E-state index in [0.717, 1.165) is 29.1 Å². The first-order valence-electron chi connectivity index (χ1n) is 8.48. The van der Waals surface area contributed by atoms with Crippen LogP contribution in [0.3, 0.4) is 0 Å². The molecule has 0 aromatic heterocycles. The van der Waals surface area contributed by atoms with Crippen LogP contribution >= 0.6 is 23.4 Å². The van der Waals surface area contributed by atoms with E-state index in [1.165, 1.54) is 0 Å². The third-order valence-electron chi connectivity index (χ3n) is 4.31. The highest BCUT2D eigenvalue weighted by molar-refractivity contribution is 7.99. The van der Waals surface area contributed by atoms with Gasteiger partial charge in [0.05, 0.1) is 5.41 Å². The minimum absolute atomic E-state index is 0.246. The lowest BCUT2D eigenvalue weighted by molar-refractivity contribution is -0.151. The summed E-state index contributed by atoms with van der Waals surface area (Å²) in [6.45, 7) is 0.280. The summed E-state index contributed by atoms with van der Waals surface area (Å²) in [5.41, 5.74) is 0.292. The van der Waals surface area contributed by atoms with Crippen molar-refractivity contribution in [3.63, 3.8) is 0 Å². The Morgan fingerprint density at radius 2 is 1.77 bits per heavy atom. The van der Waals surface area contributed by atoms with Gasteiger partial charge in [0, 0.05) is 22.2 Å². The molecule has 0 spiro atoms. The van der Waals surface area contributed by atoms with Crippen LogP contribution in [0.25, 0.3) is 0 Å². The predicted octanol–water partition coefficient (Wildman–Crippen LogP) is 3.82. The van der Waals surface area contributed by atoms with Crippen molar-refractivity contribution in [2.75, 3.05) is 18.9 Å². The average Bonchev–Trinajstić information content (AvgIpc) is 3.47. The number of hydrogen-bond acceptors (Lipinski definition) is 4. The lowest BCUT2D eigenvalue weighted by atomic mass is 9.96. The Labute approximate surface area is 162 Å². The number of thioether (sulfide) groups is 1. The average molecular weight is 390 g/mol. The molecule has 136 valence electrons. The summed E-state index contributed by atoms with van der Waals surface area (Å²) < 4.78 is 5.24. The zero-order chi connectivity index (χ0) is 18.4. The van der Waals surface area contributed by atoms with Crippen molar-refractivity contribution in [2.24, 2.45) is 0 Å². The topological polar surface area (TPSA) is 55.4 Å². The summed E-state index contributed by atoms with van der Waals surface area (Å²) in [7, 11) is 0. The summed E-state index contributed by atoms with van der Waals surface area (Å²) in [6, 6.07) is 17.2. The fourth-order valence-electron chi connectivity index (χ4n) is 2.70. The fourth-order valence-corrected chi connectivity index (χ4v) is 3.62. The number of rotatable bonds is 8. The second-order valence-electron chi connectivity index (χ2n) is 6.18. The van der Waals surface area contributed by atoms with Gasteiger partial charge in [-0.1, -0.05) is 41.9 Å². The summed E-state index contributed by atoms with van der Waals surface area (Å²) >= 11 is 7.56. The van der Waals surface area contributed by atoms with Crippen LogP contribution < -0.4 is 5.32 Å². The molecule has 0 unspecified atom stereocenters. The van der Waals surface area contributed by atoms with Crippen molar-refractivity contribution >= 4 is 35.2 Å². The smallest absolute Gasteiger partial charge is 0.317 e. The third-order valence-corrected chi connectivity index (χ3v) is 5.57. The highest BCUT2D eigenvalue weighted by Crippen LogP contribution is 2.49. The van der Waals surface area contributed by atoms with Crippen molar-refractivity contribution in [3.05, 3.63) is 65.2 Å². The molecule has 1 amide bonds. The number of esters is 1. The van der Waals surface area contributed by atoms with Crippen molar-refractivity contribution in [1.29, 1.82) is 0 Å². The Morgan fingerprint density at radius 1 is 1.08 bits per heavy atom. The first kappa shape index (κ1) is 18.8. The molecule has 0 bridgehead atoms. The van der Waals surface area contributed by atoms with Gasteiger partial charge in [0.1, 0.15) is 0 Å². The van der Waals surface area contributed by atoms with Crippen LogP contribution in [0.5, 0.6) is 0 Å². The Balaban J connectivity index is 1.39. The second kappa shape index (κ2) is 8.60. The van der Waals surface area contributed by atoms with Crippen LogP contribution in [-0.2, 0) is 19.7 Å². The Morgan fingerprint density at radius 3 is 2.42 bits per heavy atom. The molecule has 3 rings (SSSR count). The van der Waals surface area contributed by atoms with E-state index >= 15 is 0 Å². The number of halogens is 1. The van der Waals surface area contributed by atoms with Gasteiger partial charge in [-0.05, 0) is 42.7 Å². The normalized spacial score (nSPS) is 14.5. The van der Waals surface area contributed by atoms with Gasteiger partial charge < -0.3 is 10.1 Å². The largest absolute Gasteiger partial charge is 0.455 e. The van der Waals surface area contributed by atoms with E-state index in [9.17, 15) is 9.59 Å². The van der Waals surface area contributed by atoms with Crippen molar-refractivity contribution in [3.8, 4) is 0 Å². The van der Waals surface area contributed by atoms with Gasteiger partial charge in [0.2, 0.25) is 0 Å². The highest BCUT2D eigenvalue weighted by atomic mass is 35.5. The molecule has 1 N–H and O–H groups in total. The van der Waals surface area contributed by atoms with E-state index in [1.54, 1.807) is 23.9 Å². The maximum atomic E-state index is 12.4. The molecule has 26 heavy (non-hydrogen) atoms. The first-order chi connectivity index (χ1) is 12.6. The van der Waals surface area contributed by atoms with Crippen LogP contribution in [0.15, 0.2) is 59.5 Å². The van der Waals surface area contributed by atoms with E-state index < -0.39 is 5.41 Å². The van der Waals surface area contributed by atoms with Crippen LogP contribution in [0.4, 0.5) is 0 Å². The fraction of sp³-hybridized carbons (Fsp3) is 0.300. The molecule has 0 radical (unpaired) electrons. The second-order valence-corrected chi connectivity index (χ2v) is 7.78. The molecule has 4 nitrogen and oxygen atoms in total. The number of carbonyl (C=O) groups is 2. The highest BCUT2D eigenvalue weighted by Gasteiger charge is 2.52. The van der Waals surface area contributed by atoms with E-state index in [2.05, 4.69) is 5.32 Å². The number of nitrogens with one attached hydrogen (secondary N) is 1. The summed E-state index contributed by atoms with van der Waals surface area (Å²) in [4.78, 5) is 25.4. The maximum Gasteiger partial charge on any atom is 0.317 e. The lowest BCUT2D eigenvalue weighted by Gasteiger charge is -2.15. The SMILES string of the molecule is O=C(COC(=O)C1(c2ccc(Cl)cc2)CC1)NCCSc1ccccc1. The molecule has 1 saturated carbocycles. The number of amides is 1. The molecule has 1 aliphatic rings. The summed E-state index contributed by atoms with van der Waals surface area (Å²) in [5.74, 6) is 0.144. The summed E-state index contributed by atoms with van der Waals surface area (Å²) in [6.07, 6.45) is 1.48. The van der Waals surface area contributed by atoms with Crippen LogP contribution in [0, 0.1) is 0 Å². The van der Waals surface area contributed by atoms with Gasteiger partial charge in [0.15, 0.2) is 6.61 Å². The van der Waals surface area contributed by atoms with Gasteiger partial charge >= 0.3 is 5.97 Å². The van der Waals surface area contributed by atoms with Gasteiger partial charge in [-0.2, -0.15) is 0 Å². The van der Waals surface area contributed by atoms with Crippen LogP contribution in [0.1, 0.15) is 18.4 Å². The monoisotopic (exact) mass is 389 g/mol. The first-order valence-corrected chi connectivity index (χ1v) is 9.84. The third kappa shape index (κ3) is 4.80. The van der Waals surface area contributed by atoms with Gasteiger partial charge in [-0.15, -0.1) is 11.8 Å². The van der Waals surface area contributed by atoms with Gasteiger partial charge in [-0.3, -0.25) is 9.59 Å². The van der Waals surface area contributed by atoms with E-state index in [4.69, 9.17) is 16.3 Å². The Hall–Kier alpha value is -1.98. The standard InChI is InChI=1S/C20H20ClNO3S/c21-16-8-6-15(7-9-16)20(10-11-20)19(24)25-14-18(23)22-12-13-26-17-4-2-1-3-5-17/h1-9H,10-14H2,(H,22,23). The minimum Gasteiger partial charge on any atom is -0.455 e. The lowest BCUT2D eigenvalue weighted by Crippen LogP contribution is -2.33. The molecule has 6 heteroatoms. The molecule has 0 atom stereocenters. The van der Waals surface area contributed by atoms with Gasteiger partial charge in [-0.25, -0.2) is 0 Å². The van der Waals surface area contributed by atoms with Crippen molar-refractivity contribution < 1.29 is 14.3 Å². The number of carbonyl (C=O) groups excluding carboxylic acids is 2. The molecular formula is C20H20ClNO3S. The number of hydrogen-bond donors (Lipinski definition) is 1. The molecule has 2 aromatic rings. The zero-order valence-corrected chi connectivity index (χ0v) is 15.8. The zero-order valence-electron chi connectivity index (χ0n) is 14.2. The molecule has 0 aliphatic heterocycles. The molecule has 0 heterocycles. The van der Waals surface area contributed by atoms with E-state index in [1.807, 2.05) is 42.5 Å². The van der Waals surface area contributed by atoms with Crippen LogP contribution in [0.2, 0.25) is 5.02 Å². The Bertz CT molecular complexity index is 760. The number of ether oxygens (including phenoxy) is 1. The molecule has 1 aliphatic carbocycles. The van der Waals surface area contributed by atoms with Crippen LogP contribution in [-0.4, -0.2) is 30.8 Å². The quantitative estimate of drug-likeness (QED) is 0.423. The number of benzene rings is 2. The molecule has 2 aromatic carbocycles. The molecule has 1 fully saturated rings. The van der Waals surface area contributed by atoms with Crippen molar-refractivity contribution in [1.82, 2.24) is 5.32 Å².